The van der Waals surface area contributed by atoms with Gasteiger partial charge in [0.2, 0.25) is 4.87 Å². The first-order valence-electron chi connectivity index (χ1n) is 6.33. The molecule has 0 saturated heterocycles. The number of halogens is 3. The van der Waals surface area contributed by atoms with Gasteiger partial charge in [-0.05, 0) is 17.7 Å². The van der Waals surface area contributed by atoms with Gasteiger partial charge in [-0.2, -0.15) is 13.2 Å². The number of para-hydroxylation sites is 1. The number of amides is 1. The summed E-state index contributed by atoms with van der Waals surface area (Å²) in [6.07, 6.45) is -5.85. The molecule has 3 nitrogen and oxygen atoms in total. The molecule has 0 aromatic heterocycles. The van der Waals surface area contributed by atoms with E-state index in [1.165, 1.54) is 36.4 Å². The summed E-state index contributed by atoms with van der Waals surface area (Å²) in [4.78, 5) is 9.47. The molecule has 1 aliphatic rings. The van der Waals surface area contributed by atoms with Gasteiger partial charge in [-0.25, -0.2) is 4.79 Å². The third-order valence-corrected chi connectivity index (χ3v) is 4.61. The lowest BCUT2D eigenvalue weighted by Gasteiger charge is -2.34. The van der Waals surface area contributed by atoms with E-state index < -0.39 is 17.1 Å². The first-order valence-corrected chi connectivity index (χ1v) is 7.14. The molecule has 0 saturated carbocycles. The van der Waals surface area contributed by atoms with Gasteiger partial charge in [0.15, 0.2) is 0 Å². The van der Waals surface area contributed by atoms with Crippen LogP contribution in [0.4, 0.5) is 18.0 Å². The van der Waals surface area contributed by atoms with Crippen molar-refractivity contribution in [3.63, 3.8) is 0 Å². The van der Waals surface area contributed by atoms with E-state index in [0.29, 0.717) is 11.8 Å². The molecule has 2 aromatic rings. The molecule has 2 aromatic carbocycles. The molecule has 0 bridgehead atoms. The second-order valence-corrected chi connectivity index (χ2v) is 5.86. The van der Waals surface area contributed by atoms with Crippen LogP contribution in [0.5, 0.6) is 5.75 Å². The second-order valence-electron chi connectivity index (χ2n) is 4.61. The van der Waals surface area contributed by atoms with Gasteiger partial charge in [-0.3, -0.25) is 5.32 Å². The summed E-state index contributed by atoms with van der Waals surface area (Å²) >= 11 is 0.507. The Morgan fingerprint density at radius 3 is 2.32 bits per heavy atom. The number of rotatable bonds is 1. The average molecular weight is 325 g/mol. The van der Waals surface area contributed by atoms with Crippen molar-refractivity contribution in [1.29, 1.82) is 0 Å². The number of thioether (sulfide) groups is 1. The van der Waals surface area contributed by atoms with E-state index in [4.69, 9.17) is 4.74 Å². The Bertz CT molecular complexity index is 705. The summed E-state index contributed by atoms with van der Waals surface area (Å²) in [5.41, 5.74) is -0.0684. The minimum absolute atomic E-state index is 0.0684. The molecule has 1 N–H and O–H groups in total. The zero-order valence-electron chi connectivity index (χ0n) is 11.1. The molecular weight excluding hydrogens is 315 g/mol. The number of ether oxygens (including phenoxy) is 1. The van der Waals surface area contributed by atoms with Crippen molar-refractivity contribution in [3.05, 3.63) is 60.2 Å². The molecule has 114 valence electrons. The summed E-state index contributed by atoms with van der Waals surface area (Å²) in [5.74, 6) is 0.104. The molecule has 1 atom stereocenters. The lowest BCUT2D eigenvalue weighted by Crippen LogP contribution is -2.53. The van der Waals surface area contributed by atoms with E-state index in [-0.39, 0.29) is 16.2 Å². The van der Waals surface area contributed by atoms with E-state index in [1.54, 1.807) is 18.2 Å². The van der Waals surface area contributed by atoms with Gasteiger partial charge in [0.1, 0.15) is 5.75 Å². The van der Waals surface area contributed by atoms with Crippen LogP contribution in [0.3, 0.4) is 0 Å². The first kappa shape index (κ1) is 14.8. The molecular formula is C15H10F3NO2S. The van der Waals surface area contributed by atoms with Crippen LogP contribution in [-0.2, 0) is 4.87 Å². The Morgan fingerprint density at radius 2 is 1.64 bits per heavy atom. The number of carbonyl (C=O) groups is 1. The van der Waals surface area contributed by atoms with Crippen molar-refractivity contribution in [2.45, 2.75) is 15.9 Å². The van der Waals surface area contributed by atoms with Crippen LogP contribution in [0.2, 0.25) is 0 Å². The summed E-state index contributed by atoms with van der Waals surface area (Å²) in [7, 11) is 0. The minimum Gasteiger partial charge on any atom is -0.409 e. The van der Waals surface area contributed by atoms with Crippen LogP contribution in [0.15, 0.2) is 59.5 Å². The molecule has 0 fully saturated rings. The zero-order valence-corrected chi connectivity index (χ0v) is 11.9. The quantitative estimate of drug-likeness (QED) is 0.850. The molecule has 7 heteroatoms. The topological polar surface area (TPSA) is 38.3 Å². The number of hydrogen-bond acceptors (Lipinski definition) is 3. The van der Waals surface area contributed by atoms with Gasteiger partial charge in [-0.15, -0.1) is 0 Å². The largest absolute Gasteiger partial charge is 0.425 e. The van der Waals surface area contributed by atoms with Crippen molar-refractivity contribution < 1.29 is 22.7 Å². The van der Waals surface area contributed by atoms with Gasteiger partial charge in [0.25, 0.3) is 0 Å². The predicted octanol–water partition coefficient (Wildman–Crippen LogP) is 4.30. The van der Waals surface area contributed by atoms with Crippen molar-refractivity contribution in [3.8, 4) is 5.75 Å². The maximum atomic E-state index is 13.8. The van der Waals surface area contributed by atoms with Gasteiger partial charge in [0, 0.05) is 0 Å². The van der Waals surface area contributed by atoms with Crippen LogP contribution in [0.25, 0.3) is 0 Å². The number of nitrogens with one attached hydrogen (secondary N) is 1. The van der Waals surface area contributed by atoms with Crippen LogP contribution in [0, 0.1) is 0 Å². The standard InChI is InChI=1S/C15H10F3NO2S/c16-15(17,18)14(10-6-2-1-3-7-10)19-13(20)21-11-8-4-5-9-12(11)22-14/h1-9H,(H,19,20). The number of fused-ring (bicyclic) bond motifs is 1. The van der Waals surface area contributed by atoms with E-state index in [9.17, 15) is 18.0 Å². The average Bonchev–Trinajstić information content (AvgIpc) is 2.63. The summed E-state index contributed by atoms with van der Waals surface area (Å²) in [5, 5.41) is 1.97. The van der Waals surface area contributed by atoms with Crippen LogP contribution in [0.1, 0.15) is 5.56 Å². The van der Waals surface area contributed by atoms with Gasteiger partial charge in [-0.1, -0.05) is 54.2 Å². The summed E-state index contributed by atoms with van der Waals surface area (Å²) in [6.45, 7) is 0. The molecule has 1 heterocycles. The van der Waals surface area contributed by atoms with E-state index in [1.807, 2.05) is 5.32 Å². The molecule has 0 aliphatic carbocycles. The molecule has 1 amide bonds. The fraction of sp³-hybridized carbons (Fsp3) is 0.133. The molecule has 0 spiro atoms. The Hall–Kier alpha value is -2.15. The van der Waals surface area contributed by atoms with Crippen LogP contribution >= 0.6 is 11.8 Å². The third kappa shape index (κ3) is 2.41. The monoisotopic (exact) mass is 325 g/mol. The highest BCUT2D eigenvalue weighted by molar-refractivity contribution is 8.00. The van der Waals surface area contributed by atoms with E-state index in [0.717, 1.165) is 0 Å². The lowest BCUT2D eigenvalue weighted by molar-refractivity contribution is -0.167. The van der Waals surface area contributed by atoms with Crippen LogP contribution in [-0.4, -0.2) is 12.3 Å². The second kappa shape index (κ2) is 5.24. The Kier molecular flexibility index (Phi) is 3.52. The Balaban J connectivity index is 2.20. The molecule has 1 unspecified atom stereocenters. The minimum atomic E-state index is -4.71. The van der Waals surface area contributed by atoms with Crippen molar-refractivity contribution >= 4 is 17.9 Å². The number of carbonyl (C=O) groups excluding carboxylic acids is 1. The number of benzene rings is 2. The van der Waals surface area contributed by atoms with Gasteiger partial charge >= 0.3 is 12.3 Å². The summed E-state index contributed by atoms with van der Waals surface area (Å²) < 4.78 is 46.5. The normalized spacial score (nSPS) is 21.3. The zero-order chi connectivity index (χ0) is 15.8. The number of alkyl halides is 3. The lowest BCUT2D eigenvalue weighted by atomic mass is 10.1. The smallest absolute Gasteiger partial charge is 0.409 e. The van der Waals surface area contributed by atoms with Crippen molar-refractivity contribution in [1.82, 2.24) is 5.32 Å². The highest BCUT2D eigenvalue weighted by Crippen LogP contribution is 2.53. The first-order chi connectivity index (χ1) is 10.4. The van der Waals surface area contributed by atoms with Gasteiger partial charge in [0.05, 0.1) is 4.90 Å². The number of hydrogen-bond donors (Lipinski definition) is 1. The van der Waals surface area contributed by atoms with Crippen molar-refractivity contribution in [2.24, 2.45) is 0 Å². The van der Waals surface area contributed by atoms with Crippen LogP contribution < -0.4 is 10.1 Å². The molecule has 3 rings (SSSR count). The fourth-order valence-corrected chi connectivity index (χ4v) is 3.37. The highest BCUT2D eigenvalue weighted by Gasteiger charge is 2.59. The maximum Gasteiger partial charge on any atom is 0.425 e. The third-order valence-electron chi connectivity index (χ3n) is 3.17. The highest BCUT2D eigenvalue weighted by atomic mass is 32.2. The van der Waals surface area contributed by atoms with E-state index >= 15 is 0 Å². The fourth-order valence-electron chi connectivity index (χ4n) is 2.17. The van der Waals surface area contributed by atoms with E-state index in [2.05, 4.69) is 0 Å². The summed E-state index contributed by atoms with van der Waals surface area (Å²) in [6, 6.07) is 13.4. The Morgan fingerprint density at radius 1 is 1.00 bits per heavy atom. The maximum absolute atomic E-state index is 13.8. The SMILES string of the molecule is O=C1NC(c2ccccc2)(C(F)(F)F)Sc2ccccc2O1. The predicted molar refractivity (Wildman–Crippen MR) is 75.6 cm³/mol. The van der Waals surface area contributed by atoms with Gasteiger partial charge < -0.3 is 4.74 Å². The molecule has 22 heavy (non-hydrogen) atoms. The Labute approximate surface area is 128 Å². The van der Waals surface area contributed by atoms with Crippen molar-refractivity contribution in [2.75, 3.05) is 0 Å². The molecule has 0 radical (unpaired) electrons. The molecule has 1 aliphatic heterocycles.